The topological polar surface area (TPSA) is 58.6 Å². The fraction of sp³-hybridized carbons (Fsp3) is 0.333. The van der Waals surface area contributed by atoms with Gasteiger partial charge in [-0.3, -0.25) is 9.69 Å². The van der Waals surface area contributed by atoms with Crippen molar-refractivity contribution in [3.63, 3.8) is 0 Å². The summed E-state index contributed by atoms with van der Waals surface area (Å²) < 4.78 is 5.35. The molecule has 0 unspecified atom stereocenters. The van der Waals surface area contributed by atoms with Crippen LogP contribution in [0.25, 0.3) is 0 Å². The van der Waals surface area contributed by atoms with E-state index in [1.165, 1.54) is 11.3 Å². The molecule has 0 aliphatic carbocycles. The first-order valence-electron chi connectivity index (χ1n) is 11.5. The molecule has 0 fully saturated rings. The lowest BCUT2D eigenvalue weighted by Gasteiger charge is -2.25. The SMILES string of the molecule is CCOC(=O)c1c(NC(=O)CC(c2ccccc2)c2ccccc2)sc2c1CCN(CC)C2.Cl. The van der Waals surface area contributed by atoms with Crippen molar-refractivity contribution >= 4 is 40.6 Å². The van der Waals surface area contributed by atoms with Gasteiger partial charge in [-0.2, -0.15) is 0 Å². The van der Waals surface area contributed by atoms with E-state index in [-0.39, 0.29) is 30.2 Å². The summed E-state index contributed by atoms with van der Waals surface area (Å²) in [5.41, 5.74) is 3.75. The minimum atomic E-state index is -0.349. The molecule has 1 aliphatic heterocycles. The Hall–Kier alpha value is -2.67. The Bertz CT molecular complexity index is 1060. The normalized spacial score (nSPS) is 13.1. The molecule has 7 heteroatoms. The van der Waals surface area contributed by atoms with Crippen molar-refractivity contribution in [2.75, 3.05) is 25.0 Å². The molecule has 0 atom stereocenters. The molecule has 1 amide bonds. The first-order chi connectivity index (χ1) is 16.1. The van der Waals surface area contributed by atoms with Gasteiger partial charge in [0.2, 0.25) is 5.91 Å². The molecule has 0 bridgehead atoms. The molecule has 2 heterocycles. The summed E-state index contributed by atoms with van der Waals surface area (Å²) in [6, 6.07) is 20.2. The van der Waals surface area contributed by atoms with Gasteiger partial charge in [-0.15, -0.1) is 23.7 Å². The van der Waals surface area contributed by atoms with Gasteiger partial charge in [0.05, 0.1) is 12.2 Å². The number of esters is 1. The van der Waals surface area contributed by atoms with E-state index in [1.54, 1.807) is 6.92 Å². The molecule has 0 radical (unpaired) electrons. The van der Waals surface area contributed by atoms with Crippen molar-refractivity contribution in [1.82, 2.24) is 4.90 Å². The van der Waals surface area contributed by atoms with Crippen LogP contribution in [0.2, 0.25) is 0 Å². The van der Waals surface area contributed by atoms with Crippen molar-refractivity contribution in [3.8, 4) is 0 Å². The van der Waals surface area contributed by atoms with Gasteiger partial charge in [-0.1, -0.05) is 67.6 Å². The van der Waals surface area contributed by atoms with Crippen LogP contribution in [0.1, 0.15) is 58.1 Å². The fourth-order valence-electron chi connectivity index (χ4n) is 4.40. The predicted octanol–water partition coefficient (Wildman–Crippen LogP) is 5.89. The Morgan fingerprint density at radius 1 is 1.03 bits per heavy atom. The lowest BCUT2D eigenvalue weighted by Crippen LogP contribution is -2.30. The van der Waals surface area contributed by atoms with E-state index in [0.29, 0.717) is 23.6 Å². The minimum absolute atomic E-state index is 0. The van der Waals surface area contributed by atoms with Crippen LogP contribution in [0.5, 0.6) is 0 Å². The second-order valence-electron chi connectivity index (χ2n) is 8.17. The molecule has 1 N–H and O–H groups in total. The van der Waals surface area contributed by atoms with Crippen LogP contribution in [0.4, 0.5) is 5.00 Å². The van der Waals surface area contributed by atoms with Crippen LogP contribution in [-0.2, 0) is 22.5 Å². The number of hydrogen-bond acceptors (Lipinski definition) is 5. The highest BCUT2D eigenvalue weighted by Crippen LogP contribution is 2.38. The first-order valence-corrected chi connectivity index (χ1v) is 12.4. The number of hydrogen-bond donors (Lipinski definition) is 1. The van der Waals surface area contributed by atoms with E-state index >= 15 is 0 Å². The molecule has 2 aromatic carbocycles. The molecule has 1 aromatic heterocycles. The average Bonchev–Trinajstić information content (AvgIpc) is 3.20. The van der Waals surface area contributed by atoms with Crippen LogP contribution in [0.3, 0.4) is 0 Å². The molecule has 4 rings (SSSR count). The monoisotopic (exact) mass is 498 g/mol. The minimum Gasteiger partial charge on any atom is -0.462 e. The third-order valence-electron chi connectivity index (χ3n) is 6.11. The number of thiophene rings is 1. The summed E-state index contributed by atoms with van der Waals surface area (Å²) in [5.74, 6) is -0.522. The summed E-state index contributed by atoms with van der Waals surface area (Å²) in [6.07, 6.45) is 1.08. The fourth-order valence-corrected chi connectivity index (χ4v) is 5.69. The first kappa shape index (κ1) is 25.9. The predicted molar refractivity (Wildman–Crippen MR) is 140 cm³/mol. The Labute approximate surface area is 211 Å². The van der Waals surface area contributed by atoms with Gasteiger partial charge < -0.3 is 10.1 Å². The number of rotatable bonds is 8. The maximum absolute atomic E-state index is 13.3. The zero-order valence-electron chi connectivity index (χ0n) is 19.6. The molecule has 34 heavy (non-hydrogen) atoms. The van der Waals surface area contributed by atoms with Gasteiger partial charge in [-0.25, -0.2) is 4.79 Å². The highest BCUT2D eigenvalue weighted by Gasteiger charge is 2.29. The zero-order valence-corrected chi connectivity index (χ0v) is 21.2. The van der Waals surface area contributed by atoms with E-state index in [4.69, 9.17) is 4.74 Å². The van der Waals surface area contributed by atoms with Gasteiger partial charge in [0.1, 0.15) is 5.00 Å². The lowest BCUT2D eigenvalue weighted by atomic mass is 9.88. The van der Waals surface area contributed by atoms with E-state index < -0.39 is 0 Å². The highest BCUT2D eigenvalue weighted by atomic mass is 35.5. The maximum Gasteiger partial charge on any atom is 0.341 e. The molecule has 1 aliphatic rings. The van der Waals surface area contributed by atoms with Crippen molar-refractivity contribution < 1.29 is 14.3 Å². The van der Waals surface area contributed by atoms with Gasteiger partial charge in [-0.05, 0) is 36.6 Å². The summed E-state index contributed by atoms with van der Waals surface area (Å²) >= 11 is 1.51. The molecule has 0 saturated heterocycles. The number of carbonyl (C=O) groups is 2. The molecule has 3 aromatic rings. The second-order valence-corrected chi connectivity index (χ2v) is 9.28. The molecular weight excluding hydrogens is 468 g/mol. The second kappa shape index (κ2) is 12.2. The summed E-state index contributed by atoms with van der Waals surface area (Å²) in [7, 11) is 0. The number of carbonyl (C=O) groups excluding carboxylic acids is 2. The Morgan fingerprint density at radius 2 is 1.65 bits per heavy atom. The molecule has 0 spiro atoms. The number of anilines is 1. The molecule has 180 valence electrons. The third-order valence-corrected chi connectivity index (χ3v) is 7.24. The maximum atomic E-state index is 13.3. The Morgan fingerprint density at radius 3 is 2.21 bits per heavy atom. The Balaban J connectivity index is 0.00000324. The number of fused-ring (bicyclic) bond motifs is 1. The van der Waals surface area contributed by atoms with E-state index in [9.17, 15) is 9.59 Å². The van der Waals surface area contributed by atoms with E-state index in [0.717, 1.165) is 47.6 Å². The number of ether oxygens (including phenoxy) is 1. The van der Waals surface area contributed by atoms with Gasteiger partial charge >= 0.3 is 5.97 Å². The summed E-state index contributed by atoms with van der Waals surface area (Å²) in [5, 5.41) is 3.68. The third kappa shape index (κ3) is 5.87. The van der Waals surface area contributed by atoms with Crippen molar-refractivity contribution in [3.05, 3.63) is 87.8 Å². The summed E-state index contributed by atoms with van der Waals surface area (Å²) in [6.45, 7) is 6.92. The number of halogens is 1. The van der Waals surface area contributed by atoms with Crippen LogP contribution in [0, 0.1) is 0 Å². The van der Waals surface area contributed by atoms with Crippen LogP contribution in [-0.4, -0.2) is 36.5 Å². The Kier molecular flexibility index (Phi) is 9.28. The van der Waals surface area contributed by atoms with Gasteiger partial charge in [0, 0.05) is 30.3 Å². The standard InChI is InChI=1S/C27H30N2O3S.ClH/c1-3-29-16-15-21-23(18-29)33-26(25(21)27(31)32-4-2)28-24(30)17-22(19-11-7-5-8-12-19)20-13-9-6-10-14-20;/h5-14,22H,3-4,15-18H2,1-2H3,(H,28,30);1H. The number of likely N-dealkylation sites (N-methyl/N-ethyl adjacent to an activating group) is 1. The largest absolute Gasteiger partial charge is 0.462 e. The van der Waals surface area contributed by atoms with Gasteiger partial charge in [0.15, 0.2) is 0 Å². The van der Waals surface area contributed by atoms with Crippen LogP contribution in [0.15, 0.2) is 60.7 Å². The van der Waals surface area contributed by atoms with Crippen LogP contribution >= 0.6 is 23.7 Å². The lowest BCUT2D eigenvalue weighted by molar-refractivity contribution is -0.116. The number of benzene rings is 2. The van der Waals surface area contributed by atoms with Crippen molar-refractivity contribution in [2.45, 2.75) is 39.2 Å². The number of nitrogens with one attached hydrogen (secondary N) is 1. The van der Waals surface area contributed by atoms with Gasteiger partial charge in [0.25, 0.3) is 0 Å². The zero-order chi connectivity index (χ0) is 23.2. The van der Waals surface area contributed by atoms with E-state index in [1.807, 2.05) is 36.4 Å². The highest BCUT2D eigenvalue weighted by molar-refractivity contribution is 7.17. The molecule has 5 nitrogen and oxygen atoms in total. The van der Waals surface area contributed by atoms with Crippen LogP contribution < -0.4 is 5.32 Å². The van der Waals surface area contributed by atoms with Crippen molar-refractivity contribution in [2.24, 2.45) is 0 Å². The summed E-state index contributed by atoms with van der Waals surface area (Å²) in [4.78, 5) is 29.6. The molecular formula is C27H31ClN2O3S. The quantitative estimate of drug-likeness (QED) is 0.394. The molecule has 0 saturated carbocycles. The smallest absolute Gasteiger partial charge is 0.341 e. The number of amides is 1. The van der Waals surface area contributed by atoms with Crippen molar-refractivity contribution in [1.29, 1.82) is 0 Å². The number of nitrogens with zero attached hydrogens (tertiary/aromatic N) is 1. The van der Waals surface area contributed by atoms with E-state index in [2.05, 4.69) is 41.4 Å². The average molecular weight is 499 g/mol.